The number of nitriles is 1. The van der Waals surface area contributed by atoms with Crippen molar-refractivity contribution in [2.24, 2.45) is 0 Å². The van der Waals surface area contributed by atoms with Crippen LogP contribution in [-0.2, 0) is 5.75 Å². The molecule has 1 aromatic carbocycles. The van der Waals surface area contributed by atoms with Gasteiger partial charge < -0.3 is 0 Å². The van der Waals surface area contributed by atoms with Crippen molar-refractivity contribution in [3.05, 3.63) is 89.6 Å². The van der Waals surface area contributed by atoms with Crippen LogP contribution in [0.3, 0.4) is 0 Å². The maximum Gasteiger partial charge on any atom is 0.116 e. The second-order valence-electron chi connectivity index (χ2n) is 5.80. The van der Waals surface area contributed by atoms with E-state index in [1.54, 1.807) is 29.3 Å². The van der Waals surface area contributed by atoms with E-state index >= 15 is 0 Å². The first kappa shape index (κ1) is 17.5. The number of benzene rings is 1. The summed E-state index contributed by atoms with van der Waals surface area (Å²) in [4.78, 5) is 10.3. The minimum absolute atomic E-state index is 0.613. The van der Waals surface area contributed by atoms with Crippen LogP contribution in [0.1, 0.15) is 11.3 Å². The molecule has 5 heteroatoms. The molecule has 0 aliphatic carbocycles. The summed E-state index contributed by atoms with van der Waals surface area (Å²) in [5.74, 6) is 0.671. The standard InChI is InChI=1S/C22H15N3S2/c23-14-19-18(16-7-2-1-3-8-16)13-20(21-10-6-12-26-21)25-22(19)27-15-17-9-4-5-11-24-17/h1-13H,15H2. The summed E-state index contributed by atoms with van der Waals surface area (Å²) in [6, 6.07) is 24.3. The summed E-state index contributed by atoms with van der Waals surface area (Å²) in [7, 11) is 0. The van der Waals surface area contributed by atoms with E-state index in [2.05, 4.69) is 17.1 Å². The Hall–Kier alpha value is -2.94. The van der Waals surface area contributed by atoms with Gasteiger partial charge in [0.2, 0.25) is 0 Å². The Balaban J connectivity index is 1.81. The third-order valence-corrected chi connectivity index (χ3v) is 5.94. The van der Waals surface area contributed by atoms with Crippen molar-refractivity contribution in [2.75, 3.05) is 0 Å². The maximum absolute atomic E-state index is 9.86. The van der Waals surface area contributed by atoms with Crippen LogP contribution in [0.4, 0.5) is 0 Å². The molecule has 27 heavy (non-hydrogen) atoms. The fourth-order valence-corrected chi connectivity index (χ4v) is 4.36. The summed E-state index contributed by atoms with van der Waals surface area (Å²) in [5.41, 5.74) is 4.42. The van der Waals surface area contributed by atoms with Crippen molar-refractivity contribution in [3.63, 3.8) is 0 Å². The first-order chi connectivity index (χ1) is 13.3. The highest BCUT2D eigenvalue weighted by Gasteiger charge is 2.16. The van der Waals surface area contributed by atoms with Crippen molar-refractivity contribution in [1.82, 2.24) is 9.97 Å². The zero-order valence-corrected chi connectivity index (χ0v) is 16.0. The first-order valence-electron chi connectivity index (χ1n) is 8.42. The molecule has 0 fully saturated rings. The Kier molecular flexibility index (Phi) is 5.29. The van der Waals surface area contributed by atoms with Crippen LogP contribution >= 0.6 is 23.1 Å². The largest absolute Gasteiger partial charge is 0.260 e. The summed E-state index contributed by atoms with van der Waals surface area (Å²) in [6.45, 7) is 0. The molecule has 0 radical (unpaired) electrons. The number of hydrogen-bond donors (Lipinski definition) is 0. The van der Waals surface area contributed by atoms with E-state index in [1.165, 1.54) is 0 Å². The number of aromatic nitrogens is 2. The molecule has 0 saturated heterocycles. The molecular weight excluding hydrogens is 370 g/mol. The van der Waals surface area contributed by atoms with Gasteiger partial charge in [-0.2, -0.15) is 5.26 Å². The molecular formula is C22H15N3S2. The van der Waals surface area contributed by atoms with Gasteiger partial charge in [-0.1, -0.05) is 54.2 Å². The van der Waals surface area contributed by atoms with Crippen molar-refractivity contribution >= 4 is 23.1 Å². The van der Waals surface area contributed by atoms with Crippen LogP contribution in [0, 0.1) is 11.3 Å². The lowest BCUT2D eigenvalue weighted by atomic mass is 10.0. The first-order valence-corrected chi connectivity index (χ1v) is 10.3. The highest BCUT2D eigenvalue weighted by molar-refractivity contribution is 7.98. The Morgan fingerprint density at radius 2 is 1.85 bits per heavy atom. The third-order valence-electron chi connectivity index (χ3n) is 4.04. The van der Waals surface area contributed by atoms with Crippen LogP contribution in [0.15, 0.2) is 83.3 Å². The molecule has 0 aliphatic rings. The molecule has 4 aromatic rings. The fraction of sp³-hybridized carbons (Fsp3) is 0.0455. The molecule has 3 heterocycles. The lowest BCUT2D eigenvalue weighted by Gasteiger charge is -2.11. The molecule has 0 aliphatic heterocycles. The molecule has 0 atom stereocenters. The minimum atomic E-state index is 0.613. The Morgan fingerprint density at radius 1 is 1.00 bits per heavy atom. The normalized spacial score (nSPS) is 10.5. The van der Waals surface area contributed by atoms with Crippen molar-refractivity contribution in [2.45, 2.75) is 10.8 Å². The number of nitrogens with zero attached hydrogens (tertiary/aromatic N) is 3. The van der Waals surface area contributed by atoms with E-state index < -0.39 is 0 Å². The summed E-state index contributed by atoms with van der Waals surface area (Å²) >= 11 is 3.20. The quantitative estimate of drug-likeness (QED) is 0.393. The summed E-state index contributed by atoms with van der Waals surface area (Å²) in [5, 5.41) is 12.6. The van der Waals surface area contributed by atoms with Gasteiger partial charge >= 0.3 is 0 Å². The lowest BCUT2D eigenvalue weighted by Crippen LogP contribution is -1.96. The van der Waals surface area contributed by atoms with E-state index in [0.717, 1.165) is 32.4 Å². The predicted octanol–water partition coefficient (Wildman–Crippen LogP) is 6.04. The molecule has 0 spiro atoms. The molecule has 130 valence electrons. The molecule has 0 amide bonds. The van der Waals surface area contributed by atoms with Crippen LogP contribution in [0.5, 0.6) is 0 Å². The van der Waals surface area contributed by atoms with Gasteiger partial charge in [0.15, 0.2) is 0 Å². The van der Waals surface area contributed by atoms with E-state index in [4.69, 9.17) is 4.98 Å². The van der Waals surface area contributed by atoms with Gasteiger partial charge in [-0.05, 0) is 35.2 Å². The lowest BCUT2D eigenvalue weighted by molar-refractivity contribution is 1.11. The smallest absolute Gasteiger partial charge is 0.116 e. The highest BCUT2D eigenvalue weighted by Crippen LogP contribution is 2.36. The van der Waals surface area contributed by atoms with Gasteiger partial charge in [-0.3, -0.25) is 4.98 Å². The van der Waals surface area contributed by atoms with Gasteiger partial charge in [0.25, 0.3) is 0 Å². The maximum atomic E-state index is 9.86. The van der Waals surface area contributed by atoms with E-state index in [0.29, 0.717) is 11.3 Å². The van der Waals surface area contributed by atoms with Crippen LogP contribution in [0.25, 0.3) is 21.7 Å². The second-order valence-corrected chi connectivity index (χ2v) is 7.71. The molecule has 0 saturated carbocycles. The Morgan fingerprint density at radius 3 is 2.56 bits per heavy atom. The number of thioether (sulfide) groups is 1. The monoisotopic (exact) mass is 385 g/mol. The molecule has 0 unspecified atom stereocenters. The average molecular weight is 386 g/mol. The molecule has 0 bridgehead atoms. The topological polar surface area (TPSA) is 49.6 Å². The summed E-state index contributed by atoms with van der Waals surface area (Å²) in [6.07, 6.45) is 1.78. The number of thiophene rings is 1. The van der Waals surface area contributed by atoms with Crippen LogP contribution < -0.4 is 0 Å². The van der Waals surface area contributed by atoms with E-state index in [9.17, 15) is 5.26 Å². The van der Waals surface area contributed by atoms with Gasteiger partial charge in [0.1, 0.15) is 11.1 Å². The van der Waals surface area contributed by atoms with Crippen LogP contribution in [-0.4, -0.2) is 9.97 Å². The number of rotatable bonds is 5. The van der Waals surface area contributed by atoms with Crippen molar-refractivity contribution in [1.29, 1.82) is 5.26 Å². The Labute approximate surface area is 166 Å². The summed E-state index contributed by atoms with van der Waals surface area (Å²) < 4.78 is 0. The van der Waals surface area contributed by atoms with Gasteiger partial charge in [0.05, 0.1) is 21.8 Å². The highest BCUT2D eigenvalue weighted by atomic mass is 32.2. The van der Waals surface area contributed by atoms with Crippen molar-refractivity contribution in [3.8, 4) is 27.8 Å². The van der Waals surface area contributed by atoms with Crippen molar-refractivity contribution < 1.29 is 0 Å². The molecule has 4 rings (SSSR count). The number of hydrogen-bond acceptors (Lipinski definition) is 5. The molecule has 3 nitrogen and oxygen atoms in total. The SMILES string of the molecule is N#Cc1c(-c2ccccc2)cc(-c2cccs2)nc1SCc1ccccn1. The third kappa shape index (κ3) is 3.92. The zero-order valence-electron chi connectivity index (χ0n) is 14.4. The molecule has 0 N–H and O–H groups in total. The van der Waals surface area contributed by atoms with Gasteiger partial charge in [-0.15, -0.1) is 11.3 Å². The fourth-order valence-electron chi connectivity index (χ4n) is 2.76. The van der Waals surface area contributed by atoms with Gasteiger partial charge in [0, 0.05) is 17.5 Å². The van der Waals surface area contributed by atoms with E-state index in [1.807, 2.05) is 66.0 Å². The average Bonchev–Trinajstić information content (AvgIpc) is 3.28. The minimum Gasteiger partial charge on any atom is -0.260 e. The van der Waals surface area contributed by atoms with E-state index in [-0.39, 0.29) is 0 Å². The van der Waals surface area contributed by atoms with Gasteiger partial charge in [-0.25, -0.2) is 4.98 Å². The zero-order chi connectivity index (χ0) is 18.5. The van der Waals surface area contributed by atoms with Crippen LogP contribution in [0.2, 0.25) is 0 Å². The predicted molar refractivity (Wildman–Crippen MR) is 111 cm³/mol. The molecule has 3 aromatic heterocycles. The Bertz CT molecular complexity index is 1070. The number of pyridine rings is 2. The second kappa shape index (κ2) is 8.17.